The smallest absolute Gasteiger partial charge is 0.309 e. The predicted molar refractivity (Wildman–Crippen MR) is 51.6 cm³/mol. The first-order valence-electron chi connectivity index (χ1n) is 3.77. The molecule has 10 heavy (non-hydrogen) atoms. The molecule has 3 heteroatoms. The van der Waals surface area contributed by atoms with Gasteiger partial charge in [0.1, 0.15) is 0 Å². The fourth-order valence-corrected chi connectivity index (χ4v) is 0.553. The molecule has 0 heterocycles. The maximum absolute atomic E-state index is 4.90. The SMILES string of the molecule is CC[CH]CCCC.[Cl][Mg][Cl]. The molecule has 0 N–H and O–H groups in total. The molecule has 0 aliphatic carbocycles. The molecule has 0 saturated carbocycles. The van der Waals surface area contributed by atoms with Crippen LogP contribution >= 0.6 is 18.1 Å². The highest BCUT2D eigenvalue weighted by Crippen LogP contribution is 1.98. The van der Waals surface area contributed by atoms with E-state index in [1.54, 1.807) is 0 Å². The third-order valence-corrected chi connectivity index (χ3v) is 1.05. The highest BCUT2D eigenvalue weighted by atomic mass is 35.6. The molecule has 0 fully saturated rings. The van der Waals surface area contributed by atoms with E-state index in [1.807, 2.05) is 0 Å². The van der Waals surface area contributed by atoms with Crippen LogP contribution in [0.15, 0.2) is 0 Å². The van der Waals surface area contributed by atoms with E-state index in [1.165, 1.54) is 25.7 Å². The average molecular weight is 194 g/mol. The number of halogens is 2. The molecule has 0 aromatic rings. The minimum atomic E-state index is -0.639. The second-order valence-corrected chi connectivity index (χ2v) is 4.57. The van der Waals surface area contributed by atoms with Gasteiger partial charge in [0, 0.05) is 0 Å². The number of hydrogen-bond donors (Lipinski definition) is 0. The molecule has 0 saturated heterocycles. The molecule has 0 aromatic heterocycles. The quantitative estimate of drug-likeness (QED) is 0.472. The van der Waals surface area contributed by atoms with Crippen LogP contribution in [0, 0.1) is 6.42 Å². The van der Waals surface area contributed by atoms with Gasteiger partial charge in [-0.25, -0.2) is 0 Å². The van der Waals surface area contributed by atoms with E-state index in [0.717, 1.165) is 0 Å². The zero-order valence-corrected chi connectivity index (χ0v) is 9.79. The van der Waals surface area contributed by atoms with Crippen LogP contribution < -0.4 is 0 Å². The van der Waals surface area contributed by atoms with Gasteiger partial charge in [-0.3, -0.25) is 0 Å². The van der Waals surface area contributed by atoms with Crippen LogP contribution in [0.1, 0.15) is 39.5 Å². The molecule has 0 rings (SSSR count). The van der Waals surface area contributed by atoms with Gasteiger partial charge in [0.15, 0.2) is 0 Å². The molecule has 0 amide bonds. The van der Waals surface area contributed by atoms with Crippen molar-refractivity contribution in [1.82, 2.24) is 0 Å². The van der Waals surface area contributed by atoms with Crippen LogP contribution in [-0.2, 0) is 0 Å². The maximum atomic E-state index is 4.90. The normalized spacial score (nSPS) is 7.60. The topological polar surface area (TPSA) is 0 Å². The van der Waals surface area contributed by atoms with Gasteiger partial charge < -0.3 is 18.1 Å². The average Bonchev–Trinajstić information content (AvgIpc) is 1.91. The molecule has 0 spiro atoms. The highest BCUT2D eigenvalue weighted by molar-refractivity contribution is 7.22. The second kappa shape index (κ2) is 16.7. The lowest BCUT2D eigenvalue weighted by molar-refractivity contribution is 0.761. The third-order valence-electron chi connectivity index (χ3n) is 1.05. The van der Waals surface area contributed by atoms with Gasteiger partial charge >= 0.3 is 18.2 Å². The summed E-state index contributed by atoms with van der Waals surface area (Å²) in [4.78, 5) is 0. The number of hydrogen-bond acceptors (Lipinski definition) is 0. The Labute approximate surface area is 81.9 Å². The van der Waals surface area contributed by atoms with Crippen LogP contribution in [0.3, 0.4) is 0 Å². The van der Waals surface area contributed by atoms with Gasteiger partial charge in [-0.1, -0.05) is 39.5 Å². The zero-order valence-electron chi connectivity index (χ0n) is 6.87. The summed E-state index contributed by atoms with van der Waals surface area (Å²) >= 11 is -0.639. The summed E-state index contributed by atoms with van der Waals surface area (Å²) in [5.41, 5.74) is 0. The van der Waals surface area contributed by atoms with Crippen molar-refractivity contribution in [3.63, 3.8) is 0 Å². The van der Waals surface area contributed by atoms with Crippen LogP contribution in [0.25, 0.3) is 0 Å². The molecule has 59 valence electrons. The van der Waals surface area contributed by atoms with Crippen LogP contribution in [0.5, 0.6) is 0 Å². The van der Waals surface area contributed by atoms with Crippen LogP contribution in [-0.4, -0.2) is 18.2 Å². The molecule has 0 bridgehead atoms. The second-order valence-electron chi connectivity index (χ2n) is 1.94. The molecular weight excluding hydrogens is 179 g/mol. The summed E-state index contributed by atoms with van der Waals surface area (Å²) in [6.45, 7) is 4.42. The van der Waals surface area contributed by atoms with E-state index in [0.29, 0.717) is 0 Å². The molecule has 1 radical (unpaired) electrons. The molecular formula is C7H15Cl2Mg. The van der Waals surface area contributed by atoms with Crippen molar-refractivity contribution in [1.29, 1.82) is 0 Å². The first-order chi connectivity index (χ1) is 4.83. The minimum absolute atomic E-state index is 0.639. The Morgan fingerprint density at radius 2 is 1.80 bits per heavy atom. The first kappa shape index (κ1) is 13.9. The monoisotopic (exact) mass is 193 g/mol. The Morgan fingerprint density at radius 3 is 2.10 bits per heavy atom. The Morgan fingerprint density at radius 1 is 1.30 bits per heavy atom. The van der Waals surface area contributed by atoms with Gasteiger partial charge in [-0.05, 0) is 6.42 Å². The van der Waals surface area contributed by atoms with E-state index in [-0.39, 0.29) is 0 Å². The van der Waals surface area contributed by atoms with Crippen molar-refractivity contribution in [2.24, 2.45) is 0 Å². The Bertz CT molecular complexity index is 38.6. The van der Waals surface area contributed by atoms with Crippen LogP contribution in [0.2, 0.25) is 0 Å². The molecule has 0 aliphatic rings. The summed E-state index contributed by atoms with van der Waals surface area (Å²) < 4.78 is 0. The van der Waals surface area contributed by atoms with Crippen molar-refractivity contribution in [2.75, 3.05) is 0 Å². The lowest BCUT2D eigenvalue weighted by Crippen LogP contribution is -1.72. The predicted octanol–water partition coefficient (Wildman–Crippen LogP) is 3.79. The van der Waals surface area contributed by atoms with Crippen molar-refractivity contribution in [2.45, 2.75) is 39.5 Å². The van der Waals surface area contributed by atoms with E-state index >= 15 is 0 Å². The Kier molecular flexibility index (Phi) is 23.3. The molecule has 0 nitrogen and oxygen atoms in total. The fraction of sp³-hybridized carbons (Fsp3) is 0.857. The number of rotatable bonds is 4. The standard InChI is InChI=1S/C7H15.2ClH.Mg/c1-3-5-7-6-4-2;;;/h5H,3-4,6-7H2,1-2H3;2*1H;/q;;;+2/p-2. The van der Waals surface area contributed by atoms with Crippen LogP contribution in [0.4, 0.5) is 0 Å². The highest BCUT2D eigenvalue weighted by Gasteiger charge is 1.80. The summed E-state index contributed by atoms with van der Waals surface area (Å²) in [5.74, 6) is 0. The molecule has 0 unspecified atom stereocenters. The third kappa shape index (κ3) is 22.8. The molecule has 0 aromatic carbocycles. The number of unbranched alkanes of at least 4 members (excludes halogenated alkanes) is 4. The van der Waals surface area contributed by atoms with Crippen molar-refractivity contribution in [3.8, 4) is 0 Å². The largest absolute Gasteiger partial charge is 0.618 e. The summed E-state index contributed by atoms with van der Waals surface area (Å²) in [6, 6.07) is 0. The fourth-order valence-electron chi connectivity index (χ4n) is 0.553. The van der Waals surface area contributed by atoms with Crippen molar-refractivity contribution < 1.29 is 0 Å². The molecule has 0 atom stereocenters. The van der Waals surface area contributed by atoms with Gasteiger partial charge in [0.05, 0.1) is 0 Å². The van der Waals surface area contributed by atoms with Gasteiger partial charge in [-0.15, -0.1) is 0 Å². The summed E-state index contributed by atoms with van der Waals surface area (Å²) in [5, 5.41) is 0. The Hall–Kier alpha value is 1.35. The lowest BCUT2D eigenvalue weighted by Gasteiger charge is -1.90. The maximum Gasteiger partial charge on any atom is 0.618 e. The van der Waals surface area contributed by atoms with Gasteiger partial charge in [-0.2, -0.15) is 0 Å². The summed E-state index contributed by atoms with van der Waals surface area (Å²) in [7, 11) is 9.81. The van der Waals surface area contributed by atoms with E-state index in [4.69, 9.17) is 18.1 Å². The van der Waals surface area contributed by atoms with E-state index in [2.05, 4.69) is 20.3 Å². The van der Waals surface area contributed by atoms with Gasteiger partial charge in [0.2, 0.25) is 0 Å². The van der Waals surface area contributed by atoms with E-state index < -0.39 is 18.2 Å². The Balaban J connectivity index is 0. The van der Waals surface area contributed by atoms with Gasteiger partial charge in [0.25, 0.3) is 0 Å². The van der Waals surface area contributed by atoms with Crippen molar-refractivity contribution in [3.05, 3.63) is 6.42 Å². The molecule has 0 aliphatic heterocycles. The zero-order chi connectivity index (χ0) is 8.24. The lowest BCUT2D eigenvalue weighted by atomic mass is 10.2. The summed E-state index contributed by atoms with van der Waals surface area (Å²) in [6.07, 6.45) is 7.58. The first-order valence-corrected chi connectivity index (χ1v) is 8.04. The van der Waals surface area contributed by atoms with E-state index in [9.17, 15) is 0 Å². The van der Waals surface area contributed by atoms with Crippen molar-refractivity contribution >= 4 is 36.3 Å². The minimum Gasteiger partial charge on any atom is -0.309 e.